The Morgan fingerprint density at radius 3 is 1.91 bits per heavy atom. The van der Waals surface area contributed by atoms with Gasteiger partial charge in [0.25, 0.3) is 0 Å². The van der Waals surface area contributed by atoms with E-state index in [0.29, 0.717) is 15.4 Å². The molecule has 2 nitrogen and oxygen atoms in total. The van der Waals surface area contributed by atoms with Crippen molar-refractivity contribution in [2.45, 2.75) is 0 Å². The molecule has 0 bridgehead atoms. The van der Waals surface area contributed by atoms with Crippen LogP contribution in [0, 0.1) is 0 Å². The molecule has 0 radical (unpaired) electrons. The van der Waals surface area contributed by atoms with Crippen LogP contribution < -0.4 is 8.67 Å². The number of rotatable bonds is 0. The molecule has 0 amide bonds. The number of hydrogen-bond donors (Lipinski definition) is 2. The molecule has 0 saturated heterocycles. The zero-order valence-electron chi connectivity index (χ0n) is 5.32. The summed E-state index contributed by atoms with van der Waals surface area (Å²) in [5.41, 5.74) is 2.33. The fraction of sp³-hybridized carbons (Fsp3) is 0. The molecule has 11 heavy (non-hydrogen) atoms. The van der Waals surface area contributed by atoms with Gasteiger partial charge in [-0.3, -0.25) is 0 Å². The summed E-state index contributed by atoms with van der Waals surface area (Å²) in [7, 11) is 0. The summed E-state index contributed by atoms with van der Waals surface area (Å²) < 4.78 is 8.79. The third-order valence-electron chi connectivity index (χ3n) is 1.41. The van der Waals surface area contributed by atoms with Crippen molar-refractivity contribution in [2.75, 3.05) is 8.67 Å². The van der Waals surface area contributed by atoms with Gasteiger partial charge in [-0.2, -0.15) is 0 Å². The Labute approximate surface area is 88.0 Å². The Morgan fingerprint density at radius 2 is 1.45 bits per heavy atom. The summed E-state index contributed by atoms with van der Waals surface area (Å²) in [6.07, 6.45) is 0. The van der Waals surface area contributed by atoms with Crippen molar-refractivity contribution in [3.63, 3.8) is 0 Å². The first-order valence-corrected chi connectivity index (χ1v) is 6.25. The van der Waals surface area contributed by atoms with E-state index >= 15 is 0 Å². The van der Waals surface area contributed by atoms with Crippen molar-refractivity contribution < 1.29 is 0 Å². The summed E-state index contributed by atoms with van der Waals surface area (Å²) in [6, 6.07) is 4.05. The second kappa shape index (κ2) is 2.98. The van der Waals surface area contributed by atoms with Crippen LogP contribution in [0.3, 0.4) is 0 Å². The number of anilines is 2. The number of nitrogens with one attached hydrogen (secondary N) is 2. The van der Waals surface area contributed by atoms with Gasteiger partial charge in [0.2, 0.25) is 0 Å². The number of benzene rings is 1. The van der Waals surface area contributed by atoms with Crippen LogP contribution in [-0.4, -0.2) is 15.4 Å². The molecule has 2 rings (SSSR count). The van der Waals surface area contributed by atoms with Crippen LogP contribution in [0.4, 0.5) is 11.4 Å². The molecule has 1 aromatic rings. The van der Waals surface area contributed by atoms with Gasteiger partial charge in [-0.25, -0.2) is 0 Å². The molecule has 0 saturated carbocycles. The van der Waals surface area contributed by atoms with Crippen molar-refractivity contribution in [2.24, 2.45) is 0 Å². The van der Waals surface area contributed by atoms with Gasteiger partial charge in [-0.15, -0.1) is 0 Å². The van der Waals surface area contributed by atoms with Crippen molar-refractivity contribution in [1.82, 2.24) is 0 Å². The summed E-state index contributed by atoms with van der Waals surface area (Å²) in [6.45, 7) is 0. The quantitative estimate of drug-likeness (QED) is 0.708. The molecular weight excluding hydrogens is 339 g/mol. The maximum atomic E-state index is 3.47. The molecular formula is C6H4Br2N2Se. The van der Waals surface area contributed by atoms with Crippen LogP contribution >= 0.6 is 31.9 Å². The molecule has 58 valence electrons. The van der Waals surface area contributed by atoms with E-state index in [1.807, 2.05) is 12.1 Å². The molecule has 0 spiro atoms. The molecule has 0 aliphatic carbocycles. The van der Waals surface area contributed by atoms with Crippen molar-refractivity contribution >= 4 is 58.6 Å². The Kier molecular flexibility index (Phi) is 2.14. The second-order valence-electron chi connectivity index (χ2n) is 2.09. The summed E-state index contributed by atoms with van der Waals surface area (Å²) in [5, 5.41) is 0. The van der Waals surface area contributed by atoms with E-state index in [0.717, 1.165) is 8.95 Å². The first-order chi connectivity index (χ1) is 5.29. The van der Waals surface area contributed by atoms with Crippen LogP contribution in [0.15, 0.2) is 21.1 Å². The minimum atomic E-state index is 0.300. The summed E-state index contributed by atoms with van der Waals surface area (Å²) in [4.78, 5) is 0. The molecule has 1 heterocycles. The third kappa shape index (κ3) is 1.31. The molecule has 2 N–H and O–H groups in total. The second-order valence-corrected chi connectivity index (χ2v) is 5.08. The van der Waals surface area contributed by atoms with Gasteiger partial charge in [0, 0.05) is 0 Å². The fourth-order valence-electron chi connectivity index (χ4n) is 0.879. The summed E-state index contributed by atoms with van der Waals surface area (Å²) in [5.74, 6) is 0. The van der Waals surface area contributed by atoms with Gasteiger partial charge in [-0.05, 0) is 0 Å². The van der Waals surface area contributed by atoms with Crippen molar-refractivity contribution in [1.29, 1.82) is 0 Å². The minimum absolute atomic E-state index is 0.300. The van der Waals surface area contributed by atoms with E-state index in [1.54, 1.807) is 0 Å². The third-order valence-corrected chi connectivity index (χ3v) is 4.02. The Balaban J connectivity index is 2.64. The predicted molar refractivity (Wildman–Crippen MR) is 54.8 cm³/mol. The molecule has 0 atom stereocenters. The van der Waals surface area contributed by atoms with E-state index in [4.69, 9.17) is 0 Å². The van der Waals surface area contributed by atoms with Crippen molar-refractivity contribution in [3.8, 4) is 0 Å². The first kappa shape index (κ1) is 7.92. The summed E-state index contributed by atoms with van der Waals surface area (Å²) >= 11 is 7.24. The van der Waals surface area contributed by atoms with Crippen LogP contribution in [0.2, 0.25) is 0 Å². The zero-order valence-corrected chi connectivity index (χ0v) is 10.2. The average molecular weight is 343 g/mol. The van der Waals surface area contributed by atoms with E-state index < -0.39 is 0 Å². The molecule has 0 unspecified atom stereocenters. The standard InChI is InChI=1S/C6H4Br2N2Se/c7-3-1-2-4(8)6-5(3)9-11-10-6/h1-2,9-10H. The first-order valence-electron chi connectivity index (χ1n) is 2.95. The molecule has 1 aliphatic heterocycles. The Bertz CT molecular complexity index is 274. The molecule has 0 fully saturated rings. The van der Waals surface area contributed by atoms with Gasteiger partial charge in [-0.1, -0.05) is 0 Å². The maximum absolute atomic E-state index is 3.47. The SMILES string of the molecule is Brc1ccc(Br)c2c1N[Se]N2. The van der Waals surface area contributed by atoms with Gasteiger partial charge in [0.1, 0.15) is 0 Å². The van der Waals surface area contributed by atoms with Crippen LogP contribution in [0.25, 0.3) is 0 Å². The topological polar surface area (TPSA) is 24.1 Å². The Hall–Kier alpha value is 0.299. The van der Waals surface area contributed by atoms with E-state index in [-0.39, 0.29) is 0 Å². The van der Waals surface area contributed by atoms with Crippen LogP contribution in [0.1, 0.15) is 0 Å². The van der Waals surface area contributed by atoms with E-state index in [2.05, 4.69) is 40.5 Å². The van der Waals surface area contributed by atoms with Gasteiger partial charge < -0.3 is 0 Å². The fourth-order valence-corrected chi connectivity index (χ4v) is 3.75. The molecule has 1 aliphatic rings. The van der Waals surface area contributed by atoms with E-state index in [9.17, 15) is 0 Å². The van der Waals surface area contributed by atoms with Crippen molar-refractivity contribution in [3.05, 3.63) is 21.1 Å². The van der Waals surface area contributed by atoms with Gasteiger partial charge in [0.05, 0.1) is 0 Å². The number of fused-ring (bicyclic) bond motifs is 1. The van der Waals surface area contributed by atoms with Crippen LogP contribution in [0.5, 0.6) is 0 Å². The number of halogens is 2. The number of hydrogen-bond acceptors (Lipinski definition) is 2. The molecule has 5 heteroatoms. The van der Waals surface area contributed by atoms with Crippen LogP contribution in [-0.2, 0) is 0 Å². The molecule has 0 aromatic heterocycles. The molecule has 1 aromatic carbocycles. The average Bonchev–Trinajstić information content (AvgIpc) is 2.45. The van der Waals surface area contributed by atoms with Gasteiger partial charge >= 0.3 is 88.4 Å². The monoisotopic (exact) mass is 342 g/mol. The zero-order chi connectivity index (χ0) is 7.84. The Morgan fingerprint density at radius 1 is 1.00 bits per heavy atom. The normalized spacial score (nSPS) is 13.6. The van der Waals surface area contributed by atoms with Gasteiger partial charge in [0.15, 0.2) is 0 Å². The predicted octanol–water partition coefficient (Wildman–Crippen LogP) is 2.58. The van der Waals surface area contributed by atoms with E-state index in [1.165, 1.54) is 11.4 Å².